The third kappa shape index (κ3) is 4.56. The van der Waals surface area contributed by atoms with Crippen molar-refractivity contribution in [1.29, 1.82) is 0 Å². The summed E-state index contributed by atoms with van der Waals surface area (Å²) in [6, 6.07) is -0.350. The lowest BCUT2D eigenvalue weighted by Crippen LogP contribution is -2.38. The normalized spacial score (nSPS) is 10.3. The smallest absolute Gasteiger partial charge is 0.358 e. The monoisotopic (exact) mass is 295 g/mol. The Balaban J connectivity index is 1.61. The largest absolute Gasteiger partial charge is 0.476 e. The van der Waals surface area contributed by atoms with Crippen molar-refractivity contribution in [3.63, 3.8) is 0 Å². The van der Waals surface area contributed by atoms with E-state index in [9.17, 15) is 9.59 Å². The molecule has 3 N–H and O–H groups in total. The Morgan fingerprint density at radius 1 is 1.33 bits per heavy atom. The van der Waals surface area contributed by atoms with Crippen molar-refractivity contribution in [3.8, 4) is 0 Å². The van der Waals surface area contributed by atoms with Crippen molar-refractivity contribution >= 4 is 12.0 Å². The maximum Gasteiger partial charge on any atom is 0.358 e. The number of rotatable bonds is 7. The lowest BCUT2D eigenvalue weighted by atomic mass is 10.4. The van der Waals surface area contributed by atoms with Gasteiger partial charge in [-0.1, -0.05) is 10.4 Å². The summed E-state index contributed by atoms with van der Waals surface area (Å²) < 4.78 is 5.89. The minimum absolute atomic E-state index is 0.139. The Kier molecular flexibility index (Phi) is 4.79. The van der Waals surface area contributed by atoms with Gasteiger partial charge in [-0.25, -0.2) is 14.3 Å². The predicted molar refractivity (Wildman–Crippen MR) is 66.4 cm³/mol. The van der Waals surface area contributed by atoms with Gasteiger partial charge in [-0.2, -0.15) is 4.98 Å². The van der Waals surface area contributed by atoms with E-state index in [0.717, 1.165) is 0 Å². The average molecular weight is 295 g/mol. The van der Waals surface area contributed by atoms with E-state index < -0.39 is 5.97 Å². The summed E-state index contributed by atoms with van der Waals surface area (Å²) in [5.74, 6) is -0.632. The minimum Gasteiger partial charge on any atom is -0.476 e. The number of hydrogen-bond donors (Lipinski definition) is 3. The Bertz CT molecular complexity index is 594. The van der Waals surface area contributed by atoms with E-state index in [1.54, 1.807) is 0 Å². The van der Waals surface area contributed by atoms with Gasteiger partial charge in [0.15, 0.2) is 11.5 Å². The van der Waals surface area contributed by atoms with E-state index in [4.69, 9.17) is 5.11 Å². The van der Waals surface area contributed by atoms with Gasteiger partial charge in [-0.3, -0.25) is 0 Å². The highest BCUT2D eigenvalue weighted by atomic mass is 16.5. The van der Waals surface area contributed by atoms with E-state index in [1.165, 1.54) is 17.3 Å². The standard InChI is InChI=1S/C10H13N7O4/c18-9(19)7-5-17(16-14-7)4-3-12-10(20)11-2-1-8-13-6-21-15-8/h5-6H,1-4H2,(H,18,19)(H2,11,12,20). The summed E-state index contributed by atoms with van der Waals surface area (Å²) in [4.78, 5) is 25.9. The number of carbonyl (C=O) groups is 2. The van der Waals surface area contributed by atoms with E-state index in [2.05, 4.69) is 35.6 Å². The molecule has 2 rings (SSSR count). The quantitative estimate of drug-likeness (QED) is 0.583. The van der Waals surface area contributed by atoms with E-state index >= 15 is 0 Å². The topological polar surface area (TPSA) is 148 Å². The van der Waals surface area contributed by atoms with Gasteiger partial charge < -0.3 is 20.3 Å². The molecule has 0 unspecified atom stereocenters. The summed E-state index contributed by atoms with van der Waals surface area (Å²) in [5.41, 5.74) is -0.139. The second kappa shape index (κ2) is 6.98. The first kappa shape index (κ1) is 14.4. The van der Waals surface area contributed by atoms with Crippen molar-refractivity contribution in [2.75, 3.05) is 13.1 Å². The van der Waals surface area contributed by atoms with Gasteiger partial charge in [-0.05, 0) is 0 Å². The number of carboxylic acid groups (broad SMARTS) is 1. The molecule has 0 aliphatic rings. The molecule has 0 aliphatic heterocycles. The Hall–Kier alpha value is -2.98. The van der Waals surface area contributed by atoms with Crippen molar-refractivity contribution < 1.29 is 19.2 Å². The first-order valence-corrected chi connectivity index (χ1v) is 6.05. The molecular weight excluding hydrogens is 282 g/mol. The molecule has 11 heteroatoms. The van der Waals surface area contributed by atoms with Crippen LogP contribution in [0.5, 0.6) is 0 Å². The third-order valence-electron chi connectivity index (χ3n) is 2.43. The second-order valence-electron chi connectivity index (χ2n) is 3.95. The van der Waals surface area contributed by atoms with Gasteiger partial charge in [0.2, 0.25) is 6.39 Å². The van der Waals surface area contributed by atoms with Gasteiger partial charge in [-0.15, -0.1) is 5.10 Å². The summed E-state index contributed by atoms with van der Waals surface area (Å²) in [5, 5.41) is 24.6. The number of hydrogen-bond acceptors (Lipinski definition) is 7. The van der Waals surface area contributed by atoms with E-state index in [1.807, 2.05) is 0 Å². The zero-order chi connectivity index (χ0) is 15.1. The van der Waals surface area contributed by atoms with Gasteiger partial charge in [0, 0.05) is 19.5 Å². The second-order valence-corrected chi connectivity index (χ2v) is 3.95. The minimum atomic E-state index is -1.14. The molecule has 0 bridgehead atoms. The van der Waals surface area contributed by atoms with Crippen LogP contribution in [0.2, 0.25) is 0 Å². The van der Waals surface area contributed by atoms with Crippen LogP contribution in [0.15, 0.2) is 17.1 Å². The van der Waals surface area contributed by atoms with Gasteiger partial charge in [0.25, 0.3) is 0 Å². The molecule has 0 aliphatic carbocycles. The molecule has 0 aromatic carbocycles. The lowest BCUT2D eigenvalue weighted by Gasteiger charge is -2.06. The molecule has 0 atom stereocenters. The predicted octanol–water partition coefficient (Wildman–Crippen LogP) is -1.10. The van der Waals surface area contributed by atoms with Crippen LogP contribution in [0.3, 0.4) is 0 Å². The molecule has 2 heterocycles. The molecule has 0 radical (unpaired) electrons. The van der Waals surface area contributed by atoms with Crippen LogP contribution in [0, 0.1) is 0 Å². The zero-order valence-corrected chi connectivity index (χ0v) is 10.9. The van der Waals surface area contributed by atoms with Crippen LogP contribution in [0.1, 0.15) is 16.3 Å². The van der Waals surface area contributed by atoms with Gasteiger partial charge in [0.1, 0.15) is 0 Å². The highest BCUT2D eigenvalue weighted by Crippen LogP contribution is 1.92. The first-order chi connectivity index (χ1) is 10.1. The number of urea groups is 1. The van der Waals surface area contributed by atoms with Crippen molar-refractivity contribution in [1.82, 2.24) is 35.8 Å². The van der Waals surface area contributed by atoms with Crippen molar-refractivity contribution in [3.05, 3.63) is 24.1 Å². The first-order valence-electron chi connectivity index (χ1n) is 6.05. The van der Waals surface area contributed by atoms with Crippen molar-refractivity contribution in [2.45, 2.75) is 13.0 Å². The Morgan fingerprint density at radius 2 is 2.14 bits per heavy atom. The highest BCUT2D eigenvalue weighted by molar-refractivity contribution is 5.84. The van der Waals surface area contributed by atoms with Crippen LogP contribution < -0.4 is 10.6 Å². The van der Waals surface area contributed by atoms with Crippen molar-refractivity contribution in [2.24, 2.45) is 0 Å². The molecule has 21 heavy (non-hydrogen) atoms. The number of amides is 2. The molecule has 0 fully saturated rings. The van der Waals surface area contributed by atoms with Crippen LogP contribution >= 0.6 is 0 Å². The highest BCUT2D eigenvalue weighted by Gasteiger charge is 2.08. The van der Waals surface area contributed by atoms with E-state index in [0.29, 0.717) is 25.3 Å². The maximum atomic E-state index is 11.4. The van der Waals surface area contributed by atoms with E-state index in [-0.39, 0.29) is 18.3 Å². The number of aromatic nitrogens is 5. The molecular formula is C10H13N7O4. The molecule has 0 saturated carbocycles. The number of nitrogens with zero attached hydrogens (tertiary/aromatic N) is 5. The summed E-state index contributed by atoms with van der Waals surface area (Å²) in [6.07, 6.45) is 2.98. The Morgan fingerprint density at radius 3 is 2.81 bits per heavy atom. The molecule has 0 spiro atoms. The third-order valence-corrected chi connectivity index (χ3v) is 2.43. The molecule has 11 nitrogen and oxygen atoms in total. The molecule has 2 aromatic rings. The zero-order valence-electron chi connectivity index (χ0n) is 10.9. The maximum absolute atomic E-state index is 11.4. The molecule has 112 valence electrons. The van der Waals surface area contributed by atoms with Crippen LogP contribution in [0.4, 0.5) is 4.79 Å². The molecule has 0 saturated heterocycles. The molecule has 2 amide bonds. The number of aromatic carboxylic acids is 1. The van der Waals surface area contributed by atoms with Gasteiger partial charge >= 0.3 is 12.0 Å². The van der Waals surface area contributed by atoms with Crippen LogP contribution in [-0.4, -0.2) is 55.3 Å². The summed E-state index contributed by atoms with van der Waals surface area (Å²) in [6.45, 7) is 0.979. The van der Waals surface area contributed by atoms with Crippen LogP contribution in [-0.2, 0) is 13.0 Å². The molecule has 2 aromatic heterocycles. The fraction of sp³-hybridized carbons (Fsp3) is 0.400. The number of nitrogens with one attached hydrogen (secondary N) is 2. The fourth-order valence-electron chi connectivity index (χ4n) is 1.44. The summed E-state index contributed by atoms with van der Waals surface area (Å²) in [7, 11) is 0. The SMILES string of the molecule is O=C(NCCc1ncon1)NCCn1cc(C(=O)O)nn1. The summed E-state index contributed by atoms with van der Waals surface area (Å²) >= 11 is 0. The number of carboxylic acids is 1. The average Bonchev–Trinajstić information content (AvgIpc) is 3.09. The fourth-order valence-corrected chi connectivity index (χ4v) is 1.44. The van der Waals surface area contributed by atoms with Crippen LogP contribution in [0.25, 0.3) is 0 Å². The number of carbonyl (C=O) groups excluding carboxylic acids is 1. The Labute approximate surface area is 118 Å². The lowest BCUT2D eigenvalue weighted by molar-refractivity contribution is 0.0690. The van der Waals surface area contributed by atoms with Gasteiger partial charge in [0.05, 0.1) is 12.7 Å².